The van der Waals surface area contributed by atoms with Crippen LogP contribution in [0.15, 0.2) is 108 Å². The number of rotatable bonds is 11. The maximum atomic E-state index is 13.5. The molecule has 0 bridgehead atoms. The molecule has 0 saturated heterocycles. The lowest BCUT2D eigenvalue weighted by Gasteiger charge is -2.17. The summed E-state index contributed by atoms with van der Waals surface area (Å²) in [6.45, 7) is 5.96. The van der Waals surface area contributed by atoms with Crippen molar-refractivity contribution in [1.82, 2.24) is 5.32 Å². The Morgan fingerprint density at radius 3 is 2.35 bits per heavy atom. The summed E-state index contributed by atoms with van der Waals surface area (Å²) in [5.41, 5.74) is 4.65. The number of carbonyl (C=O) groups excluding carboxylic acids is 3. The maximum absolute atomic E-state index is 13.5. The summed E-state index contributed by atoms with van der Waals surface area (Å²) in [6, 6.07) is 29.1. The Bertz CT molecular complexity index is 1640. The number of aryl methyl sites for hydroxylation is 2. The van der Waals surface area contributed by atoms with Gasteiger partial charge in [0.1, 0.15) is 11.4 Å². The lowest BCUT2D eigenvalue weighted by atomic mass is 10.1. The summed E-state index contributed by atoms with van der Waals surface area (Å²) >= 11 is 1.43. The van der Waals surface area contributed by atoms with Gasteiger partial charge in [-0.3, -0.25) is 14.4 Å². The molecule has 0 aliphatic heterocycles. The Hall–Kier alpha value is -4.82. The Labute approximate surface area is 256 Å². The number of nitrogens with one attached hydrogen (secondary N) is 3. The van der Waals surface area contributed by atoms with Gasteiger partial charge in [-0.2, -0.15) is 0 Å². The van der Waals surface area contributed by atoms with Crippen LogP contribution in [-0.2, 0) is 9.59 Å². The molecule has 0 heterocycles. The average Bonchev–Trinajstić information content (AvgIpc) is 3.01. The normalized spacial score (nSPS) is 11.8. The molecule has 4 rings (SSSR count). The molecule has 220 valence electrons. The van der Waals surface area contributed by atoms with Crippen LogP contribution in [0.4, 0.5) is 11.4 Å². The van der Waals surface area contributed by atoms with Crippen molar-refractivity contribution >= 4 is 46.9 Å². The quantitative estimate of drug-likeness (QED) is 0.126. The molecule has 0 spiro atoms. The van der Waals surface area contributed by atoms with Crippen LogP contribution in [0.5, 0.6) is 5.75 Å². The van der Waals surface area contributed by atoms with Crippen LogP contribution in [0.3, 0.4) is 0 Å². The van der Waals surface area contributed by atoms with E-state index in [2.05, 4.69) is 16.0 Å². The van der Waals surface area contributed by atoms with Gasteiger partial charge in [0.15, 0.2) is 0 Å². The first-order valence-corrected chi connectivity index (χ1v) is 14.8. The van der Waals surface area contributed by atoms with E-state index in [1.165, 1.54) is 11.8 Å². The first-order chi connectivity index (χ1) is 20.7. The van der Waals surface area contributed by atoms with E-state index in [0.717, 1.165) is 21.7 Å². The lowest BCUT2D eigenvalue weighted by Crippen LogP contribution is -2.30. The van der Waals surface area contributed by atoms with Crippen LogP contribution in [0.2, 0.25) is 0 Å². The highest BCUT2D eigenvalue weighted by Crippen LogP contribution is 2.29. The number of carbonyl (C=O) groups is 3. The van der Waals surface area contributed by atoms with Crippen molar-refractivity contribution in [3.05, 3.63) is 125 Å². The second-order valence-corrected chi connectivity index (χ2v) is 11.2. The molecule has 4 aromatic rings. The van der Waals surface area contributed by atoms with Crippen LogP contribution in [0.25, 0.3) is 6.08 Å². The highest BCUT2D eigenvalue weighted by atomic mass is 32.2. The van der Waals surface area contributed by atoms with E-state index in [0.29, 0.717) is 29.0 Å². The molecule has 3 amide bonds. The monoisotopic (exact) mass is 593 g/mol. The minimum Gasteiger partial charge on any atom is -0.497 e. The van der Waals surface area contributed by atoms with Crippen LogP contribution in [0.1, 0.15) is 40.4 Å². The number of hydrogen-bond donors (Lipinski definition) is 3. The molecular formula is C35H35N3O4S. The molecule has 7 nitrogen and oxygen atoms in total. The molecule has 0 radical (unpaired) electrons. The second-order valence-electron chi connectivity index (χ2n) is 9.96. The van der Waals surface area contributed by atoms with E-state index >= 15 is 0 Å². The van der Waals surface area contributed by atoms with E-state index < -0.39 is 11.8 Å². The van der Waals surface area contributed by atoms with E-state index in [4.69, 9.17) is 4.74 Å². The number of hydrogen-bond acceptors (Lipinski definition) is 5. The third kappa shape index (κ3) is 8.83. The van der Waals surface area contributed by atoms with Crippen molar-refractivity contribution in [2.24, 2.45) is 0 Å². The standard InChI is InChI=1S/C35H35N3O4S/c1-5-32(35(41)37-30-18-17-23(2)19-24(30)3)43-29-16-10-14-27(22-29)36-34(40)31(21-25-11-9-15-28(20-25)42-4)38-33(39)26-12-7-6-8-13-26/h6-22,32H,5H2,1-4H3,(H,36,40)(H,37,41)(H,38,39)/b31-21-. The predicted octanol–water partition coefficient (Wildman–Crippen LogP) is 7.23. The summed E-state index contributed by atoms with van der Waals surface area (Å²) in [6.07, 6.45) is 2.22. The van der Waals surface area contributed by atoms with Gasteiger partial charge in [-0.05, 0) is 86.0 Å². The minimum absolute atomic E-state index is 0.0689. The molecule has 1 atom stereocenters. The summed E-state index contributed by atoms with van der Waals surface area (Å²) in [7, 11) is 1.56. The molecule has 8 heteroatoms. The first kappa shape index (κ1) is 31.1. The number of methoxy groups -OCH3 is 1. The zero-order valence-electron chi connectivity index (χ0n) is 24.6. The van der Waals surface area contributed by atoms with E-state index in [9.17, 15) is 14.4 Å². The maximum Gasteiger partial charge on any atom is 0.272 e. The van der Waals surface area contributed by atoms with Gasteiger partial charge in [-0.1, -0.05) is 61.0 Å². The largest absolute Gasteiger partial charge is 0.497 e. The smallest absolute Gasteiger partial charge is 0.272 e. The van der Waals surface area contributed by atoms with Gasteiger partial charge in [0.05, 0.1) is 12.4 Å². The molecule has 0 aromatic heterocycles. The van der Waals surface area contributed by atoms with Gasteiger partial charge in [-0.15, -0.1) is 11.8 Å². The van der Waals surface area contributed by atoms with Crippen LogP contribution in [0, 0.1) is 13.8 Å². The SMILES string of the molecule is CCC(Sc1cccc(NC(=O)/C(=C/c2cccc(OC)c2)NC(=O)c2ccccc2)c1)C(=O)Nc1ccc(C)cc1C. The van der Waals surface area contributed by atoms with E-state index in [-0.39, 0.29) is 16.9 Å². The zero-order valence-corrected chi connectivity index (χ0v) is 25.5. The summed E-state index contributed by atoms with van der Waals surface area (Å²) < 4.78 is 5.31. The number of amides is 3. The second kappa shape index (κ2) is 14.9. The fraction of sp³-hybridized carbons (Fsp3) is 0.171. The Balaban J connectivity index is 1.51. The van der Waals surface area contributed by atoms with Crippen LogP contribution < -0.4 is 20.7 Å². The summed E-state index contributed by atoms with van der Waals surface area (Å²) in [5, 5.41) is 8.36. The molecule has 0 saturated carbocycles. The van der Waals surface area contributed by atoms with Gasteiger partial charge in [0.25, 0.3) is 11.8 Å². The molecule has 4 aromatic carbocycles. The topological polar surface area (TPSA) is 96.5 Å². The van der Waals surface area contributed by atoms with Crippen molar-refractivity contribution in [2.75, 3.05) is 17.7 Å². The lowest BCUT2D eigenvalue weighted by molar-refractivity contribution is -0.116. The van der Waals surface area contributed by atoms with Gasteiger partial charge >= 0.3 is 0 Å². The van der Waals surface area contributed by atoms with Crippen molar-refractivity contribution in [3.63, 3.8) is 0 Å². The molecule has 1 unspecified atom stereocenters. The fourth-order valence-electron chi connectivity index (χ4n) is 4.34. The molecule has 3 N–H and O–H groups in total. The van der Waals surface area contributed by atoms with Crippen molar-refractivity contribution in [2.45, 2.75) is 37.3 Å². The van der Waals surface area contributed by atoms with Crippen molar-refractivity contribution in [1.29, 1.82) is 0 Å². The molecular weight excluding hydrogens is 558 g/mol. The van der Waals surface area contributed by atoms with Gasteiger partial charge < -0.3 is 20.7 Å². The molecule has 0 fully saturated rings. The van der Waals surface area contributed by atoms with E-state index in [1.807, 2.05) is 69.3 Å². The van der Waals surface area contributed by atoms with Crippen LogP contribution in [-0.4, -0.2) is 30.1 Å². The van der Waals surface area contributed by atoms with Crippen LogP contribution >= 0.6 is 11.8 Å². The number of benzene rings is 4. The third-order valence-electron chi connectivity index (χ3n) is 6.61. The average molecular weight is 594 g/mol. The highest BCUT2D eigenvalue weighted by molar-refractivity contribution is 8.00. The third-order valence-corrected chi connectivity index (χ3v) is 7.96. The molecule has 0 aliphatic carbocycles. The Morgan fingerprint density at radius 1 is 0.860 bits per heavy atom. The Morgan fingerprint density at radius 2 is 1.63 bits per heavy atom. The molecule has 43 heavy (non-hydrogen) atoms. The number of thioether (sulfide) groups is 1. The number of ether oxygens (including phenoxy) is 1. The fourth-order valence-corrected chi connectivity index (χ4v) is 5.35. The number of anilines is 2. The van der Waals surface area contributed by atoms with Crippen molar-refractivity contribution < 1.29 is 19.1 Å². The summed E-state index contributed by atoms with van der Waals surface area (Å²) in [5.74, 6) is -0.357. The summed E-state index contributed by atoms with van der Waals surface area (Å²) in [4.78, 5) is 40.4. The van der Waals surface area contributed by atoms with Gasteiger partial charge in [-0.25, -0.2) is 0 Å². The predicted molar refractivity (Wildman–Crippen MR) is 174 cm³/mol. The zero-order chi connectivity index (χ0) is 30.8. The highest BCUT2D eigenvalue weighted by Gasteiger charge is 2.20. The molecule has 0 aliphatic rings. The first-order valence-electron chi connectivity index (χ1n) is 13.9. The van der Waals surface area contributed by atoms with Crippen molar-refractivity contribution in [3.8, 4) is 5.75 Å². The van der Waals surface area contributed by atoms with Gasteiger partial charge in [0, 0.05) is 21.8 Å². The van der Waals surface area contributed by atoms with E-state index in [1.54, 1.807) is 61.7 Å². The Kier molecular flexibility index (Phi) is 10.8. The van der Waals surface area contributed by atoms with Gasteiger partial charge in [0.2, 0.25) is 5.91 Å². The minimum atomic E-state index is -0.492.